The summed E-state index contributed by atoms with van der Waals surface area (Å²) in [6.45, 7) is 0.769. The summed E-state index contributed by atoms with van der Waals surface area (Å²) in [7, 11) is 0. The van der Waals surface area contributed by atoms with Crippen LogP contribution in [0.15, 0.2) is 18.2 Å². The van der Waals surface area contributed by atoms with Crippen molar-refractivity contribution in [3.05, 3.63) is 26.8 Å². The third-order valence-corrected chi connectivity index (χ3v) is 3.67. The van der Waals surface area contributed by atoms with Crippen molar-refractivity contribution in [2.75, 3.05) is 18.5 Å². The second-order valence-corrected chi connectivity index (χ2v) is 5.69. The highest BCUT2D eigenvalue weighted by Gasteiger charge is 2.38. The number of rotatable bonds is 2. The smallest absolute Gasteiger partial charge is 0.246 e. The largest absolute Gasteiger partial charge is 0.379 e. The van der Waals surface area contributed by atoms with E-state index in [0.29, 0.717) is 23.7 Å². The van der Waals surface area contributed by atoms with Crippen LogP contribution in [-0.2, 0) is 9.53 Å². The molecular formula is C11H12ClIN2O2. The molecule has 6 heteroatoms. The number of halogens is 2. The first kappa shape index (κ1) is 13.1. The summed E-state index contributed by atoms with van der Waals surface area (Å²) >= 11 is 8.19. The Kier molecular flexibility index (Phi) is 3.92. The second-order valence-electron chi connectivity index (χ2n) is 4.04. The van der Waals surface area contributed by atoms with E-state index < -0.39 is 5.54 Å². The molecule has 1 unspecified atom stereocenters. The van der Waals surface area contributed by atoms with Crippen molar-refractivity contribution in [1.82, 2.24) is 0 Å². The maximum absolute atomic E-state index is 12.0. The summed E-state index contributed by atoms with van der Waals surface area (Å²) in [4.78, 5) is 12.0. The molecule has 0 radical (unpaired) electrons. The fourth-order valence-electron chi connectivity index (χ4n) is 1.60. The SMILES string of the molecule is NC1(C(=O)Nc2ccc(I)cc2Cl)CCOC1. The monoisotopic (exact) mass is 366 g/mol. The maximum atomic E-state index is 12.0. The van der Waals surface area contributed by atoms with Gasteiger partial charge in [-0.1, -0.05) is 11.6 Å². The first-order chi connectivity index (χ1) is 8.01. The summed E-state index contributed by atoms with van der Waals surface area (Å²) in [5.74, 6) is -0.252. The zero-order valence-corrected chi connectivity index (χ0v) is 11.9. The minimum absolute atomic E-state index is 0.251. The van der Waals surface area contributed by atoms with Crippen molar-refractivity contribution in [2.24, 2.45) is 5.73 Å². The van der Waals surface area contributed by atoms with Crippen molar-refractivity contribution in [3.8, 4) is 0 Å². The lowest BCUT2D eigenvalue weighted by Gasteiger charge is -2.21. The summed E-state index contributed by atoms with van der Waals surface area (Å²) in [6.07, 6.45) is 0.529. The Hall–Kier alpha value is -0.370. The molecule has 0 aliphatic carbocycles. The number of carbonyl (C=O) groups excluding carboxylic acids is 1. The lowest BCUT2D eigenvalue weighted by molar-refractivity contribution is -0.121. The molecule has 92 valence electrons. The molecule has 1 heterocycles. The quantitative estimate of drug-likeness (QED) is 0.787. The molecule has 1 fully saturated rings. The zero-order chi connectivity index (χ0) is 12.5. The highest BCUT2D eigenvalue weighted by atomic mass is 127. The van der Waals surface area contributed by atoms with Gasteiger partial charge >= 0.3 is 0 Å². The van der Waals surface area contributed by atoms with Gasteiger partial charge in [0.2, 0.25) is 5.91 Å². The maximum Gasteiger partial charge on any atom is 0.246 e. The molecular weight excluding hydrogens is 354 g/mol. The van der Waals surface area contributed by atoms with Gasteiger partial charge in [0.15, 0.2) is 0 Å². The van der Waals surface area contributed by atoms with E-state index in [9.17, 15) is 4.79 Å². The molecule has 1 atom stereocenters. The molecule has 1 aromatic carbocycles. The second kappa shape index (κ2) is 5.09. The van der Waals surface area contributed by atoms with Gasteiger partial charge in [-0.05, 0) is 47.2 Å². The molecule has 0 spiro atoms. The van der Waals surface area contributed by atoms with E-state index in [-0.39, 0.29) is 12.5 Å². The predicted molar refractivity (Wildman–Crippen MR) is 75.2 cm³/mol. The Morgan fingerprint density at radius 1 is 1.59 bits per heavy atom. The number of nitrogens with one attached hydrogen (secondary N) is 1. The summed E-state index contributed by atoms with van der Waals surface area (Å²) < 4.78 is 6.16. The Balaban J connectivity index is 2.13. The fraction of sp³-hybridized carbons (Fsp3) is 0.364. The number of hydrogen-bond acceptors (Lipinski definition) is 3. The van der Waals surface area contributed by atoms with Gasteiger partial charge in [-0.15, -0.1) is 0 Å². The van der Waals surface area contributed by atoms with E-state index in [2.05, 4.69) is 27.9 Å². The van der Waals surface area contributed by atoms with Crippen molar-refractivity contribution < 1.29 is 9.53 Å². The van der Waals surface area contributed by atoms with Crippen LogP contribution in [0.25, 0.3) is 0 Å². The van der Waals surface area contributed by atoms with Crippen LogP contribution in [0, 0.1) is 3.57 Å². The molecule has 4 nitrogen and oxygen atoms in total. The number of anilines is 1. The van der Waals surface area contributed by atoms with Crippen LogP contribution in [0.2, 0.25) is 5.02 Å². The lowest BCUT2D eigenvalue weighted by atomic mass is 9.99. The number of carbonyl (C=O) groups is 1. The molecule has 1 saturated heterocycles. The molecule has 0 saturated carbocycles. The lowest BCUT2D eigenvalue weighted by Crippen LogP contribution is -2.51. The normalized spacial score (nSPS) is 23.7. The van der Waals surface area contributed by atoms with Crippen molar-refractivity contribution in [3.63, 3.8) is 0 Å². The average molecular weight is 367 g/mol. The van der Waals surface area contributed by atoms with Gasteiger partial charge in [-0.3, -0.25) is 4.79 Å². The molecule has 1 aliphatic heterocycles. The third kappa shape index (κ3) is 2.90. The number of nitrogens with two attached hydrogens (primary N) is 1. The minimum atomic E-state index is -0.938. The Morgan fingerprint density at radius 3 is 2.94 bits per heavy atom. The molecule has 2 rings (SSSR count). The van der Waals surface area contributed by atoms with Crippen LogP contribution in [0.3, 0.4) is 0 Å². The van der Waals surface area contributed by atoms with E-state index in [1.807, 2.05) is 6.07 Å². The van der Waals surface area contributed by atoms with E-state index >= 15 is 0 Å². The first-order valence-electron chi connectivity index (χ1n) is 5.14. The van der Waals surface area contributed by atoms with Crippen molar-refractivity contribution >= 4 is 45.8 Å². The van der Waals surface area contributed by atoms with Crippen LogP contribution in [0.4, 0.5) is 5.69 Å². The zero-order valence-electron chi connectivity index (χ0n) is 9.00. The third-order valence-electron chi connectivity index (χ3n) is 2.68. The van der Waals surface area contributed by atoms with Crippen LogP contribution in [0.5, 0.6) is 0 Å². The number of ether oxygens (including phenoxy) is 1. The standard InChI is InChI=1S/C11H12ClIN2O2/c12-8-5-7(13)1-2-9(8)15-10(16)11(14)3-4-17-6-11/h1-2,5H,3-4,6,14H2,(H,15,16). The number of benzene rings is 1. The van der Waals surface area contributed by atoms with E-state index in [4.69, 9.17) is 22.1 Å². The Labute approximate surface area is 118 Å². The topological polar surface area (TPSA) is 64.4 Å². The highest BCUT2D eigenvalue weighted by Crippen LogP contribution is 2.25. The van der Waals surface area contributed by atoms with Gasteiger partial charge in [0.1, 0.15) is 5.54 Å². The Morgan fingerprint density at radius 2 is 2.35 bits per heavy atom. The van der Waals surface area contributed by atoms with E-state index in [1.165, 1.54) is 0 Å². The first-order valence-corrected chi connectivity index (χ1v) is 6.60. The molecule has 0 bridgehead atoms. The van der Waals surface area contributed by atoms with Gasteiger partial charge in [-0.2, -0.15) is 0 Å². The van der Waals surface area contributed by atoms with Gasteiger partial charge < -0.3 is 15.8 Å². The summed E-state index contributed by atoms with van der Waals surface area (Å²) in [5.41, 5.74) is 5.59. The number of hydrogen-bond donors (Lipinski definition) is 2. The van der Waals surface area contributed by atoms with Gasteiger partial charge in [-0.25, -0.2) is 0 Å². The van der Waals surface area contributed by atoms with Crippen molar-refractivity contribution in [1.29, 1.82) is 0 Å². The molecule has 3 N–H and O–H groups in total. The highest BCUT2D eigenvalue weighted by molar-refractivity contribution is 14.1. The van der Waals surface area contributed by atoms with E-state index in [1.54, 1.807) is 12.1 Å². The number of amides is 1. The van der Waals surface area contributed by atoms with Crippen LogP contribution >= 0.6 is 34.2 Å². The van der Waals surface area contributed by atoms with Gasteiger partial charge in [0.05, 0.1) is 17.3 Å². The minimum Gasteiger partial charge on any atom is -0.379 e. The van der Waals surface area contributed by atoms with Crippen LogP contribution < -0.4 is 11.1 Å². The van der Waals surface area contributed by atoms with Crippen LogP contribution in [0.1, 0.15) is 6.42 Å². The fourth-order valence-corrected chi connectivity index (χ4v) is 2.50. The van der Waals surface area contributed by atoms with Crippen molar-refractivity contribution in [2.45, 2.75) is 12.0 Å². The summed E-state index contributed by atoms with van der Waals surface area (Å²) in [6, 6.07) is 5.42. The molecule has 1 aromatic rings. The molecule has 0 aromatic heterocycles. The molecule has 1 aliphatic rings. The van der Waals surface area contributed by atoms with Gasteiger partial charge in [0.25, 0.3) is 0 Å². The summed E-state index contributed by atoms with van der Waals surface area (Å²) in [5, 5.41) is 3.25. The molecule has 17 heavy (non-hydrogen) atoms. The van der Waals surface area contributed by atoms with Crippen LogP contribution in [-0.4, -0.2) is 24.7 Å². The Bertz CT molecular complexity index is 447. The average Bonchev–Trinajstić information content (AvgIpc) is 2.71. The van der Waals surface area contributed by atoms with E-state index in [0.717, 1.165) is 3.57 Å². The van der Waals surface area contributed by atoms with Gasteiger partial charge in [0, 0.05) is 10.2 Å². The molecule has 1 amide bonds. The predicted octanol–water partition coefficient (Wildman–Crippen LogP) is 2.00.